The Labute approximate surface area is 255 Å². The van der Waals surface area contributed by atoms with Gasteiger partial charge < -0.3 is 24.4 Å². The number of carbonyl (C=O) groups is 1. The molecular formula is C32H32N6O5S. The van der Waals surface area contributed by atoms with Crippen molar-refractivity contribution >= 4 is 44.6 Å². The van der Waals surface area contributed by atoms with Crippen LogP contribution in [0.2, 0.25) is 0 Å². The molecule has 226 valence electrons. The highest BCUT2D eigenvalue weighted by molar-refractivity contribution is 7.92. The first kappa shape index (κ1) is 29.1. The molecule has 1 aliphatic rings. The van der Waals surface area contributed by atoms with Crippen LogP contribution < -0.4 is 14.5 Å². The largest absolute Gasteiger partial charge is 0.497 e. The van der Waals surface area contributed by atoms with Gasteiger partial charge in [0.1, 0.15) is 17.9 Å². The van der Waals surface area contributed by atoms with Crippen LogP contribution in [0.25, 0.3) is 22.2 Å². The van der Waals surface area contributed by atoms with Crippen molar-refractivity contribution in [2.24, 2.45) is 0 Å². The maximum atomic E-state index is 13.2. The number of benzene rings is 3. The summed E-state index contributed by atoms with van der Waals surface area (Å²) in [5, 5.41) is 4.38. The van der Waals surface area contributed by atoms with E-state index in [1.807, 2.05) is 6.07 Å². The predicted molar refractivity (Wildman–Crippen MR) is 168 cm³/mol. The number of sulfonamides is 1. The maximum Gasteiger partial charge on any atom is 0.322 e. The van der Waals surface area contributed by atoms with Crippen molar-refractivity contribution in [2.75, 3.05) is 36.5 Å². The van der Waals surface area contributed by atoms with Crippen LogP contribution in [-0.4, -0.2) is 61.1 Å². The van der Waals surface area contributed by atoms with Crippen LogP contribution in [0.3, 0.4) is 0 Å². The average Bonchev–Trinajstić information content (AvgIpc) is 3.73. The van der Waals surface area contributed by atoms with Crippen molar-refractivity contribution in [3.63, 3.8) is 0 Å². The quantitative estimate of drug-likeness (QED) is 0.149. The van der Waals surface area contributed by atoms with E-state index in [2.05, 4.69) is 55.2 Å². The molecule has 3 aromatic carbocycles. The van der Waals surface area contributed by atoms with Crippen LogP contribution >= 0.6 is 0 Å². The highest BCUT2D eigenvalue weighted by atomic mass is 32.2. The number of rotatable bonds is 12. The molecule has 12 heteroatoms. The lowest BCUT2D eigenvalue weighted by molar-refractivity contribution is -0.128. The molecule has 0 spiro atoms. The number of aromatic nitrogens is 3. The molecule has 1 N–H and O–H groups in total. The van der Waals surface area contributed by atoms with E-state index in [9.17, 15) is 13.2 Å². The Morgan fingerprint density at radius 3 is 2.43 bits per heavy atom. The number of nitrogens with zero attached hydrogens (tertiary/aromatic N) is 5. The topological polar surface area (TPSA) is 119 Å². The van der Waals surface area contributed by atoms with Gasteiger partial charge in [-0.3, -0.25) is 4.79 Å². The first-order valence-electron chi connectivity index (χ1n) is 14.3. The lowest BCUT2D eigenvalue weighted by atomic mass is 10.1. The molecule has 0 atom stereocenters. The van der Waals surface area contributed by atoms with Crippen molar-refractivity contribution in [1.82, 2.24) is 19.4 Å². The Bertz CT molecular complexity index is 1850. The van der Waals surface area contributed by atoms with Gasteiger partial charge in [-0.2, -0.15) is 8.42 Å². The van der Waals surface area contributed by atoms with Crippen molar-refractivity contribution < 1.29 is 22.8 Å². The number of carbonyl (C=O) groups excluding carboxylic acids is 1. The zero-order valence-electron chi connectivity index (χ0n) is 24.2. The summed E-state index contributed by atoms with van der Waals surface area (Å²) >= 11 is 0. The molecule has 0 saturated carbocycles. The minimum absolute atomic E-state index is 0.0623. The monoisotopic (exact) mass is 612 g/mol. The first-order valence-corrected chi connectivity index (χ1v) is 15.7. The number of ether oxygens (including phenoxy) is 1. The summed E-state index contributed by atoms with van der Waals surface area (Å²) < 4.78 is 34.4. The average molecular weight is 613 g/mol. The number of likely N-dealkylation sites (tertiary alicyclic amines) is 1. The normalized spacial score (nSPS) is 13.6. The number of nitrogens with one attached hydrogen (secondary N) is 1. The summed E-state index contributed by atoms with van der Waals surface area (Å²) in [6.07, 6.45) is 6.23. The number of hydrogen-bond acceptors (Lipinski definition) is 9. The zero-order chi connectivity index (χ0) is 30.5. The highest BCUT2D eigenvalue weighted by Crippen LogP contribution is 2.29. The van der Waals surface area contributed by atoms with Crippen LogP contribution in [0.1, 0.15) is 12.8 Å². The molecule has 2 aromatic heterocycles. The number of anilines is 3. The number of fused-ring (bicyclic) bond motifs is 1. The van der Waals surface area contributed by atoms with E-state index in [0.717, 1.165) is 29.7 Å². The SMILES string of the molecule is COc1ccc(S(=O)(=O)N(OC=O)c2ccc(Nc3cc(-c4ccc5c(ccn5CCN5CCCC5)c4)ncn3)cc2)cc1. The van der Waals surface area contributed by atoms with E-state index in [1.165, 1.54) is 81.3 Å². The standard InChI is InChI=1S/C32H32N6O5S/c1-42-28-9-11-29(12-10-28)44(40,41)38(43-23-39)27-7-5-26(6-8-27)35-32-21-30(33-22-34-32)24-4-13-31-25(20-24)14-17-37(31)19-18-36-15-2-3-16-36/h4-14,17,20-23H,2-3,15-16,18-19H2,1H3,(H,33,34,35). The van der Waals surface area contributed by atoms with E-state index in [1.54, 1.807) is 12.1 Å². The summed E-state index contributed by atoms with van der Waals surface area (Å²) in [6, 6.07) is 22.5. The van der Waals surface area contributed by atoms with Gasteiger partial charge in [-0.15, -0.1) is 0 Å². The molecule has 0 radical (unpaired) electrons. The summed E-state index contributed by atoms with van der Waals surface area (Å²) in [5.74, 6) is 1.07. The molecule has 11 nitrogen and oxygen atoms in total. The molecule has 6 rings (SSSR count). The summed E-state index contributed by atoms with van der Waals surface area (Å²) in [4.78, 5) is 27.4. The summed E-state index contributed by atoms with van der Waals surface area (Å²) in [7, 11) is -2.71. The van der Waals surface area contributed by atoms with Crippen molar-refractivity contribution in [3.05, 3.63) is 91.4 Å². The van der Waals surface area contributed by atoms with Gasteiger partial charge in [0.05, 0.1) is 23.4 Å². The molecule has 5 aromatic rings. The molecule has 0 bridgehead atoms. The minimum atomic E-state index is -4.19. The van der Waals surface area contributed by atoms with E-state index in [4.69, 9.17) is 9.57 Å². The highest BCUT2D eigenvalue weighted by Gasteiger charge is 2.27. The van der Waals surface area contributed by atoms with E-state index >= 15 is 0 Å². The molecular weight excluding hydrogens is 580 g/mol. The third-order valence-electron chi connectivity index (χ3n) is 7.65. The second-order valence-corrected chi connectivity index (χ2v) is 12.2. The van der Waals surface area contributed by atoms with Gasteiger partial charge in [-0.05, 0) is 92.7 Å². The maximum absolute atomic E-state index is 13.2. The Hall–Kier alpha value is -4.94. The van der Waals surface area contributed by atoms with Crippen molar-refractivity contribution in [2.45, 2.75) is 24.3 Å². The Balaban J connectivity index is 1.16. The predicted octanol–water partition coefficient (Wildman–Crippen LogP) is 5.23. The second-order valence-electron chi connectivity index (χ2n) is 10.4. The van der Waals surface area contributed by atoms with Crippen molar-refractivity contribution in [1.29, 1.82) is 0 Å². The molecule has 1 fully saturated rings. The zero-order valence-corrected chi connectivity index (χ0v) is 25.0. The Morgan fingerprint density at radius 1 is 0.932 bits per heavy atom. The van der Waals surface area contributed by atoms with Crippen LogP contribution in [0.15, 0.2) is 96.3 Å². The van der Waals surface area contributed by atoms with Crippen molar-refractivity contribution in [3.8, 4) is 17.0 Å². The van der Waals surface area contributed by atoms with Gasteiger partial charge in [-0.1, -0.05) is 10.5 Å². The van der Waals surface area contributed by atoms with E-state index in [-0.39, 0.29) is 17.1 Å². The lowest BCUT2D eigenvalue weighted by Gasteiger charge is -2.21. The summed E-state index contributed by atoms with van der Waals surface area (Å²) in [5.41, 5.74) is 3.73. The Morgan fingerprint density at radius 2 is 1.70 bits per heavy atom. The fourth-order valence-corrected chi connectivity index (χ4v) is 6.57. The van der Waals surface area contributed by atoms with Gasteiger partial charge in [0, 0.05) is 47.5 Å². The van der Waals surface area contributed by atoms with E-state index in [0.29, 0.717) is 21.7 Å². The second kappa shape index (κ2) is 12.7. The van der Waals surface area contributed by atoms with Crippen LogP contribution in [0.5, 0.6) is 5.75 Å². The number of hydrogen-bond donors (Lipinski definition) is 1. The Kier molecular flexibility index (Phi) is 8.44. The molecule has 0 aliphatic carbocycles. The van der Waals surface area contributed by atoms with Crippen LogP contribution in [-0.2, 0) is 26.2 Å². The smallest absolute Gasteiger partial charge is 0.322 e. The third kappa shape index (κ3) is 6.21. The molecule has 44 heavy (non-hydrogen) atoms. The third-order valence-corrected chi connectivity index (χ3v) is 9.26. The molecule has 0 amide bonds. The van der Waals surface area contributed by atoms with Gasteiger partial charge in [-0.25, -0.2) is 9.97 Å². The van der Waals surface area contributed by atoms with Gasteiger partial charge >= 0.3 is 6.47 Å². The number of methoxy groups -OCH3 is 1. The van der Waals surface area contributed by atoms with Crippen LogP contribution in [0.4, 0.5) is 17.2 Å². The van der Waals surface area contributed by atoms with Gasteiger partial charge in [0.25, 0.3) is 10.0 Å². The lowest BCUT2D eigenvalue weighted by Crippen LogP contribution is -2.30. The molecule has 1 saturated heterocycles. The fourth-order valence-electron chi connectivity index (χ4n) is 5.35. The first-order chi connectivity index (χ1) is 21.4. The molecule has 0 unspecified atom stereocenters. The van der Waals surface area contributed by atoms with E-state index < -0.39 is 10.0 Å². The minimum Gasteiger partial charge on any atom is -0.497 e. The molecule has 3 heterocycles. The summed E-state index contributed by atoms with van der Waals surface area (Å²) in [6.45, 7) is 4.48. The fraction of sp³-hybridized carbons (Fsp3) is 0.219. The van der Waals surface area contributed by atoms with Gasteiger partial charge in [0.2, 0.25) is 0 Å². The van der Waals surface area contributed by atoms with Gasteiger partial charge in [0.15, 0.2) is 0 Å². The molecule has 1 aliphatic heterocycles. The van der Waals surface area contributed by atoms with Crippen LogP contribution in [0, 0.1) is 0 Å².